The van der Waals surface area contributed by atoms with Crippen LogP contribution in [0, 0.1) is 0 Å². The molecule has 10 heavy (non-hydrogen) atoms. The number of rotatable bonds is 3. The molecule has 56 valence electrons. The third-order valence-corrected chi connectivity index (χ3v) is 1.44. The molecule has 0 amide bonds. The zero-order valence-electron chi connectivity index (χ0n) is 6.02. The molecule has 0 aliphatic heterocycles. The van der Waals surface area contributed by atoms with Gasteiger partial charge in [0.2, 0.25) is 0 Å². The molecule has 1 N–H and O–H groups in total. The second-order valence-electron chi connectivity index (χ2n) is 2.30. The van der Waals surface area contributed by atoms with Gasteiger partial charge < -0.3 is 4.52 Å². The number of hydrogen-bond donors (Lipinski definition) is 1. The van der Waals surface area contributed by atoms with Crippen molar-refractivity contribution < 1.29 is 4.52 Å². The van der Waals surface area contributed by atoms with Crippen LogP contribution in [0.15, 0.2) is 15.6 Å². The molecule has 0 spiro atoms. The lowest BCUT2D eigenvalue weighted by Crippen LogP contribution is -2.04. The van der Waals surface area contributed by atoms with E-state index < -0.39 is 0 Å². The normalized spacial score (nSPS) is 10.1. The summed E-state index contributed by atoms with van der Waals surface area (Å²) in [4.78, 5) is 10.8. The highest BCUT2D eigenvalue weighted by Crippen LogP contribution is 1.97. The Bertz CT molecular complexity index is 236. The van der Waals surface area contributed by atoms with Crippen molar-refractivity contribution in [3.63, 3.8) is 0 Å². The predicted octanol–water partition coefficient (Wildman–Crippen LogP) is 1.31. The van der Waals surface area contributed by atoms with Crippen LogP contribution in [0.4, 0.5) is 0 Å². The maximum Gasteiger partial charge on any atom is 0.283 e. The molecule has 3 nitrogen and oxygen atoms in total. The Balaban J connectivity index is 2.57. The number of H-pyrrole nitrogens is 1. The number of nitrogens with one attached hydrogen (secondary N) is 1. The molecular weight excluding hydrogens is 130 g/mol. The highest BCUT2D eigenvalue weighted by atomic mass is 16.5. The lowest BCUT2D eigenvalue weighted by Gasteiger charge is -1.87. The highest BCUT2D eigenvalue weighted by Gasteiger charge is 1.98. The molecule has 0 aliphatic rings. The number of aromatic amines is 1. The fourth-order valence-corrected chi connectivity index (χ4v) is 0.813. The van der Waals surface area contributed by atoms with Crippen LogP contribution in [0.25, 0.3) is 0 Å². The van der Waals surface area contributed by atoms with Gasteiger partial charge in [0.25, 0.3) is 5.56 Å². The average molecular weight is 141 g/mol. The van der Waals surface area contributed by atoms with Gasteiger partial charge in [-0.15, -0.1) is 0 Å². The van der Waals surface area contributed by atoms with Crippen LogP contribution in [-0.2, 0) is 6.42 Å². The minimum atomic E-state index is -0.0894. The minimum absolute atomic E-state index is 0.0894. The first-order valence-corrected chi connectivity index (χ1v) is 3.49. The first-order valence-electron chi connectivity index (χ1n) is 3.49. The number of aromatic nitrogens is 1. The van der Waals surface area contributed by atoms with Gasteiger partial charge in [-0.25, -0.2) is 0 Å². The average Bonchev–Trinajstić information content (AvgIpc) is 2.31. The minimum Gasteiger partial charge on any atom is -0.387 e. The molecular formula is C7H11NO2. The molecule has 0 radical (unpaired) electrons. The van der Waals surface area contributed by atoms with E-state index in [1.165, 1.54) is 6.26 Å². The van der Waals surface area contributed by atoms with E-state index in [2.05, 4.69) is 16.6 Å². The van der Waals surface area contributed by atoms with E-state index >= 15 is 0 Å². The standard InChI is InChI=1S/C7H11NO2/c1-2-3-4-6-5-10-8-7(6)9/h5H,2-4H2,1H3,(H,8,9). The molecule has 0 aromatic carbocycles. The van der Waals surface area contributed by atoms with E-state index in [1.54, 1.807) is 0 Å². The van der Waals surface area contributed by atoms with Crippen LogP contribution < -0.4 is 5.56 Å². The first-order chi connectivity index (χ1) is 4.84. The summed E-state index contributed by atoms with van der Waals surface area (Å²) in [5, 5.41) is 2.25. The molecule has 0 saturated heterocycles. The number of aryl methyl sites for hydroxylation is 1. The Labute approximate surface area is 59.0 Å². The Morgan fingerprint density at radius 1 is 1.70 bits per heavy atom. The van der Waals surface area contributed by atoms with Crippen molar-refractivity contribution in [2.24, 2.45) is 0 Å². The van der Waals surface area contributed by atoms with Crippen molar-refractivity contribution in [2.45, 2.75) is 26.2 Å². The maximum absolute atomic E-state index is 10.8. The summed E-state index contributed by atoms with van der Waals surface area (Å²) < 4.78 is 4.60. The molecule has 0 bridgehead atoms. The predicted molar refractivity (Wildman–Crippen MR) is 37.9 cm³/mol. The Kier molecular flexibility index (Phi) is 2.31. The van der Waals surface area contributed by atoms with E-state index in [1.807, 2.05) is 0 Å². The summed E-state index contributed by atoms with van der Waals surface area (Å²) >= 11 is 0. The Hall–Kier alpha value is -0.990. The van der Waals surface area contributed by atoms with E-state index in [0.29, 0.717) is 0 Å². The highest BCUT2D eigenvalue weighted by molar-refractivity contribution is 5.00. The fourth-order valence-electron chi connectivity index (χ4n) is 0.813. The molecule has 1 aromatic rings. The molecule has 0 unspecified atom stereocenters. The van der Waals surface area contributed by atoms with Crippen LogP contribution in [0.2, 0.25) is 0 Å². The van der Waals surface area contributed by atoms with Crippen LogP contribution in [0.5, 0.6) is 0 Å². The number of hydrogen-bond acceptors (Lipinski definition) is 2. The van der Waals surface area contributed by atoms with Crippen LogP contribution in [0.1, 0.15) is 25.3 Å². The molecule has 0 atom stereocenters. The van der Waals surface area contributed by atoms with Gasteiger partial charge in [-0.2, -0.15) is 5.16 Å². The molecule has 0 saturated carbocycles. The van der Waals surface area contributed by atoms with Crippen molar-refractivity contribution in [2.75, 3.05) is 0 Å². The van der Waals surface area contributed by atoms with Crippen LogP contribution in [0.3, 0.4) is 0 Å². The van der Waals surface area contributed by atoms with Gasteiger partial charge in [-0.05, 0) is 12.8 Å². The van der Waals surface area contributed by atoms with Crippen molar-refractivity contribution >= 4 is 0 Å². The quantitative estimate of drug-likeness (QED) is 0.689. The fraction of sp³-hybridized carbons (Fsp3) is 0.571. The second kappa shape index (κ2) is 3.25. The van der Waals surface area contributed by atoms with Gasteiger partial charge in [0.1, 0.15) is 6.26 Å². The van der Waals surface area contributed by atoms with Crippen molar-refractivity contribution in [3.05, 3.63) is 22.2 Å². The van der Waals surface area contributed by atoms with Gasteiger partial charge in [0.15, 0.2) is 0 Å². The van der Waals surface area contributed by atoms with E-state index in [4.69, 9.17) is 0 Å². The van der Waals surface area contributed by atoms with Crippen molar-refractivity contribution in [1.82, 2.24) is 5.16 Å². The second-order valence-corrected chi connectivity index (χ2v) is 2.30. The smallest absolute Gasteiger partial charge is 0.283 e. The molecule has 3 heteroatoms. The summed E-state index contributed by atoms with van der Waals surface area (Å²) in [7, 11) is 0. The van der Waals surface area contributed by atoms with E-state index in [-0.39, 0.29) is 5.56 Å². The van der Waals surface area contributed by atoms with Gasteiger partial charge >= 0.3 is 0 Å². The summed E-state index contributed by atoms with van der Waals surface area (Å²) in [6, 6.07) is 0. The summed E-state index contributed by atoms with van der Waals surface area (Å²) in [6.45, 7) is 2.09. The van der Waals surface area contributed by atoms with Crippen molar-refractivity contribution in [3.8, 4) is 0 Å². The summed E-state index contributed by atoms with van der Waals surface area (Å²) in [5.41, 5.74) is 0.662. The molecule has 0 fully saturated rings. The topological polar surface area (TPSA) is 46.0 Å². The Morgan fingerprint density at radius 2 is 2.50 bits per heavy atom. The lowest BCUT2D eigenvalue weighted by atomic mass is 10.2. The first kappa shape index (κ1) is 7.12. The third-order valence-electron chi connectivity index (χ3n) is 1.44. The zero-order valence-corrected chi connectivity index (χ0v) is 6.02. The Morgan fingerprint density at radius 3 is 3.00 bits per heavy atom. The molecule has 0 aliphatic carbocycles. The van der Waals surface area contributed by atoms with Crippen LogP contribution in [-0.4, -0.2) is 5.16 Å². The molecule has 1 rings (SSSR count). The number of unbranched alkanes of at least 4 members (excludes halogenated alkanes) is 1. The van der Waals surface area contributed by atoms with Gasteiger partial charge in [-0.1, -0.05) is 13.3 Å². The zero-order chi connectivity index (χ0) is 7.40. The SMILES string of the molecule is CCCCc1co[nH]c1=O. The van der Waals surface area contributed by atoms with Gasteiger partial charge in [0, 0.05) is 0 Å². The van der Waals surface area contributed by atoms with Crippen molar-refractivity contribution in [1.29, 1.82) is 0 Å². The van der Waals surface area contributed by atoms with Crippen LogP contribution >= 0.6 is 0 Å². The summed E-state index contributed by atoms with van der Waals surface area (Å²) in [5.74, 6) is 0. The van der Waals surface area contributed by atoms with Gasteiger partial charge in [-0.3, -0.25) is 4.79 Å². The van der Waals surface area contributed by atoms with E-state index in [9.17, 15) is 4.79 Å². The lowest BCUT2D eigenvalue weighted by molar-refractivity contribution is 0.413. The molecule has 1 aromatic heterocycles. The van der Waals surface area contributed by atoms with E-state index in [0.717, 1.165) is 24.8 Å². The summed E-state index contributed by atoms with van der Waals surface area (Å²) in [6.07, 6.45) is 4.45. The van der Waals surface area contributed by atoms with Gasteiger partial charge in [0.05, 0.1) is 5.56 Å². The largest absolute Gasteiger partial charge is 0.387 e. The monoisotopic (exact) mass is 141 g/mol. The molecule has 1 heterocycles. The third kappa shape index (κ3) is 1.50. The maximum atomic E-state index is 10.8.